The molecule has 0 radical (unpaired) electrons. The Balaban J connectivity index is 1.37. The van der Waals surface area contributed by atoms with Gasteiger partial charge in [0.15, 0.2) is 0 Å². The molecule has 2 amide bonds. The van der Waals surface area contributed by atoms with Gasteiger partial charge in [0.1, 0.15) is 28.7 Å². The predicted octanol–water partition coefficient (Wildman–Crippen LogP) is 5.48. The van der Waals surface area contributed by atoms with E-state index in [1.807, 2.05) is 15.4 Å². The van der Waals surface area contributed by atoms with Crippen molar-refractivity contribution in [3.8, 4) is 11.3 Å². The van der Waals surface area contributed by atoms with E-state index in [4.69, 9.17) is 10.7 Å². The van der Waals surface area contributed by atoms with Crippen molar-refractivity contribution in [2.75, 3.05) is 44.3 Å². The Hall–Kier alpha value is -4.78. The van der Waals surface area contributed by atoms with Crippen LogP contribution in [0.1, 0.15) is 65.5 Å². The Kier molecular flexibility index (Phi) is 8.76. The Bertz CT molecular complexity index is 1780. The van der Waals surface area contributed by atoms with Gasteiger partial charge in [0.2, 0.25) is 5.91 Å². The Morgan fingerprint density at radius 1 is 1.07 bits per heavy atom. The molecule has 1 atom stereocenters. The van der Waals surface area contributed by atoms with E-state index >= 15 is 0 Å². The Labute approximate surface area is 264 Å². The fourth-order valence-corrected chi connectivity index (χ4v) is 6.10. The molecule has 46 heavy (non-hydrogen) atoms. The minimum absolute atomic E-state index is 0.0225. The van der Waals surface area contributed by atoms with E-state index in [9.17, 15) is 22.8 Å². The molecular formula is C33H35F3N8O2. The summed E-state index contributed by atoms with van der Waals surface area (Å²) in [6.07, 6.45) is 6.32. The first-order valence-electron chi connectivity index (χ1n) is 15.3. The predicted molar refractivity (Wildman–Crippen MR) is 169 cm³/mol. The summed E-state index contributed by atoms with van der Waals surface area (Å²) in [6, 6.07) is 8.23. The normalized spacial score (nSPS) is 19.0. The van der Waals surface area contributed by atoms with Crippen molar-refractivity contribution >= 4 is 35.0 Å². The van der Waals surface area contributed by atoms with Crippen LogP contribution in [0.2, 0.25) is 0 Å². The molecule has 5 heterocycles. The second kappa shape index (κ2) is 12.9. The number of benzene rings is 1. The van der Waals surface area contributed by atoms with E-state index in [-0.39, 0.29) is 23.2 Å². The van der Waals surface area contributed by atoms with Crippen LogP contribution in [-0.4, -0.2) is 74.2 Å². The van der Waals surface area contributed by atoms with Gasteiger partial charge in [-0.2, -0.15) is 13.2 Å². The minimum atomic E-state index is -4.56. The summed E-state index contributed by atoms with van der Waals surface area (Å²) in [6.45, 7) is 2.90. The molecule has 3 aromatic heterocycles. The third-order valence-electron chi connectivity index (χ3n) is 8.51. The number of nitrogens with one attached hydrogen (secondary N) is 1. The lowest BCUT2D eigenvalue weighted by atomic mass is 9.96. The van der Waals surface area contributed by atoms with E-state index in [1.165, 1.54) is 0 Å². The molecule has 4 aromatic rings. The highest BCUT2D eigenvalue weighted by atomic mass is 19.4. The Morgan fingerprint density at radius 2 is 1.87 bits per heavy atom. The average molecular weight is 633 g/mol. The van der Waals surface area contributed by atoms with Crippen molar-refractivity contribution in [3.63, 3.8) is 0 Å². The monoisotopic (exact) mass is 632 g/mol. The topological polar surface area (TPSA) is 122 Å². The minimum Gasteiger partial charge on any atom is -0.382 e. The van der Waals surface area contributed by atoms with Gasteiger partial charge in [0, 0.05) is 49.3 Å². The second-order valence-electron chi connectivity index (χ2n) is 11.8. The summed E-state index contributed by atoms with van der Waals surface area (Å²) in [4.78, 5) is 43.7. The maximum atomic E-state index is 13.1. The van der Waals surface area contributed by atoms with Crippen LogP contribution >= 0.6 is 0 Å². The summed E-state index contributed by atoms with van der Waals surface area (Å²) in [5.74, 6) is 0.416. The van der Waals surface area contributed by atoms with Gasteiger partial charge in [-0.05, 0) is 69.6 Å². The number of fused-ring (bicyclic) bond motifs is 3. The standard InChI is InChI=1S/C33H35F3N8O2/c1-42-15-3-2-8-27(45)43-17-4-6-23(20-43)31-41-28(29-30(37)39-19-25(44(29)31)7-5-16-42)21-9-11-22(12-10-21)32(46)40-26-18-24(13-14-38-26)33(34,35)36/h5,7,9-14,18-19,23H,2-4,6,8,15-17,20H2,1H3,(H2,37,39)(H,38,40,46)/b7-5+/t23-/m1/s1. The smallest absolute Gasteiger partial charge is 0.382 e. The number of halogens is 3. The second-order valence-corrected chi connectivity index (χ2v) is 11.8. The lowest BCUT2D eigenvalue weighted by Crippen LogP contribution is -2.39. The fraction of sp³-hybridized carbons (Fsp3) is 0.364. The molecule has 1 saturated heterocycles. The number of nitrogens with two attached hydrogens (primary N) is 1. The fourth-order valence-electron chi connectivity index (χ4n) is 6.10. The van der Waals surface area contributed by atoms with Crippen LogP contribution in [0, 0.1) is 0 Å². The van der Waals surface area contributed by atoms with Crippen LogP contribution in [0.5, 0.6) is 0 Å². The zero-order chi connectivity index (χ0) is 32.4. The van der Waals surface area contributed by atoms with Gasteiger partial charge in [0.05, 0.1) is 17.5 Å². The molecule has 13 heteroatoms. The number of rotatable bonds is 3. The number of hydrogen-bond acceptors (Lipinski definition) is 7. The number of pyridine rings is 1. The molecule has 2 aliphatic rings. The first-order chi connectivity index (χ1) is 22.1. The number of carbonyl (C=O) groups excluding carboxylic acids is 2. The van der Waals surface area contributed by atoms with Crippen molar-refractivity contribution in [1.29, 1.82) is 0 Å². The molecule has 10 nitrogen and oxygen atoms in total. The van der Waals surface area contributed by atoms with Crippen molar-refractivity contribution < 1.29 is 22.8 Å². The maximum absolute atomic E-state index is 13.1. The number of imidazole rings is 1. The van der Waals surface area contributed by atoms with Gasteiger partial charge in [-0.1, -0.05) is 18.2 Å². The summed E-state index contributed by atoms with van der Waals surface area (Å²) >= 11 is 0. The SMILES string of the molecule is CN1C/C=C/c2cnc(N)c3c(-c4ccc(C(=O)Nc5cc(C(F)(F)F)ccn5)cc4)nc(n23)[C@@H]2CCCN(C2)C(=O)CCCC1. The molecule has 0 unspecified atom stereocenters. The van der Waals surface area contributed by atoms with Gasteiger partial charge in [-0.25, -0.2) is 15.0 Å². The van der Waals surface area contributed by atoms with Crippen LogP contribution in [0.15, 0.2) is 54.9 Å². The number of carbonyl (C=O) groups is 2. The van der Waals surface area contributed by atoms with Gasteiger partial charge in [0.25, 0.3) is 5.91 Å². The van der Waals surface area contributed by atoms with Crippen LogP contribution in [0.25, 0.3) is 22.9 Å². The lowest BCUT2D eigenvalue weighted by molar-refractivity contribution is -0.137. The molecule has 240 valence electrons. The largest absolute Gasteiger partial charge is 0.416 e. The summed E-state index contributed by atoms with van der Waals surface area (Å²) in [5.41, 5.74) is 8.54. The van der Waals surface area contributed by atoms with Gasteiger partial charge in [-0.15, -0.1) is 0 Å². The summed E-state index contributed by atoms with van der Waals surface area (Å²) in [7, 11) is 2.05. The lowest BCUT2D eigenvalue weighted by Gasteiger charge is -2.32. The van der Waals surface area contributed by atoms with Gasteiger partial charge in [-0.3, -0.25) is 14.0 Å². The first kappa shape index (κ1) is 31.2. The number of piperidine rings is 1. The van der Waals surface area contributed by atoms with Gasteiger partial charge >= 0.3 is 6.18 Å². The molecule has 1 fully saturated rings. The average Bonchev–Trinajstić information content (AvgIpc) is 3.45. The molecule has 2 aliphatic heterocycles. The maximum Gasteiger partial charge on any atom is 0.416 e. The third-order valence-corrected chi connectivity index (χ3v) is 8.51. The van der Waals surface area contributed by atoms with Gasteiger partial charge < -0.3 is 20.9 Å². The number of nitrogen functional groups attached to an aromatic ring is 1. The molecule has 0 aliphatic carbocycles. The number of alkyl halides is 3. The quantitative estimate of drug-likeness (QED) is 0.307. The first-order valence-corrected chi connectivity index (χ1v) is 15.3. The molecule has 0 spiro atoms. The van der Waals surface area contributed by atoms with Crippen molar-refractivity contribution in [2.24, 2.45) is 0 Å². The zero-order valence-corrected chi connectivity index (χ0v) is 25.4. The summed E-state index contributed by atoms with van der Waals surface area (Å²) in [5, 5.41) is 2.43. The van der Waals surface area contributed by atoms with E-state index in [0.29, 0.717) is 35.6 Å². The van der Waals surface area contributed by atoms with Crippen molar-refractivity contribution in [2.45, 2.75) is 44.2 Å². The number of amides is 2. The van der Waals surface area contributed by atoms with E-state index in [1.54, 1.807) is 30.5 Å². The van der Waals surface area contributed by atoms with Crippen molar-refractivity contribution in [1.82, 2.24) is 29.2 Å². The molecule has 2 bridgehead atoms. The number of nitrogens with zero attached hydrogens (tertiary/aromatic N) is 6. The van der Waals surface area contributed by atoms with Crippen LogP contribution in [0.3, 0.4) is 0 Å². The van der Waals surface area contributed by atoms with Crippen LogP contribution in [-0.2, 0) is 11.0 Å². The highest BCUT2D eigenvalue weighted by Gasteiger charge is 2.32. The zero-order valence-electron chi connectivity index (χ0n) is 25.4. The van der Waals surface area contributed by atoms with Crippen molar-refractivity contribution in [3.05, 3.63) is 77.5 Å². The molecular weight excluding hydrogens is 597 g/mol. The number of hydrogen-bond donors (Lipinski definition) is 2. The molecule has 3 N–H and O–H groups in total. The van der Waals surface area contributed by atoms with Crippen LogP contribution < -0.4 is 11.1 Å². The number of aromatic nitrogens is 4. The highest BCUT2D eigenvalue weighted by molar-refractivity contribution is 6.04. The van der Waals surface area contributed by atoms with E-state index in [0.717, 1.165) is 75.2 Å². The molecule has 0 saturated carbocycles. The molecule has 1 aromatic carbocycles. The van der Waals surface area contributed by atoms with Crippen LogP contribution in [0.4, 0.5) is 24.8 Å². The number of likely N-dealkylation sites (N-methyl/N-ethyl adjacent to an activating group) is 1. The third kappa shape index (κ3) is 6.59. The van der Waals surface area contributed by atoms with E-state index in [2.05, 4.69) is 33.3 Å². The highest BCUT2D eigenvalue weighted by Crippen LogP contribution is 2.36. The Morgan fingerprint density at radius 3 is 2.65 bits per heavy atom. The molecule has 6 rings (SSSR count). The van der Waals surface area contributed by atoms with E-state index < -0.39 is 17.6 Å². The number of anilines is 2. The summed E-state index contributed by atoms with van der Waals surface area (Å²) < 4.78 is 41.4.